The molecule has 0 spiro atoms. The number of hydrogen-bond acceptors (Lipinski definition) is 2. The van der Waals surface area contributed by atoms with Gasteiger partial charge in [-0.2, -0.15) is 0 Å². The fourth-order valence-corrected chi connectivity index (χ4v) is 2.32. The smallest absolute Gasteiger partial charge is 0.191 e. The van der Waals surface area contributed by atoms with Gasteiger partial charge in [0.25, 0.3) is 0 Å². The van der Waals surface area contributed by atoms with Gasteiger partial charge in [0, 0.05) is 18.6 Å². The molecule has 1 atom stereocenters. The van der Waals surface area contributed by atoms with Gasteiger partial charge in [-0.05, 0) is 59.5 Å². The van der Waals surface area contributed by atoms with Crippen LogP contribution in [0.1, 0.15) is 73.6 Å². The summed E-state index contributed by atoms with van der Waals surface area (Å²) >= 11 is 0. The van der Waals surface area contributed by atoms with Gasteiger partial charge in [-0.3, -0.25) is 4.99 Å². The summed E-state index contributed by atoms with van der Waals surface area (Å²) in [5.74, 6) is 1.77. The second-order valence-corrected chi connectivity index (χ2v) is 6.80. The Bertz CT molecular complexity index is 262. The van der Waals surface area contributed by atoms with E-state index in [0.29, 0.717) is 12.1 Å². The molecule has 0 saturated carbocycles. The van der Waals surface area contributed by atoms with Crippen LogP contribution in [0.4, 0.5) is 0 Å². The first kappa shape index (κ1) is 21.2. The molecule has 0 aromatic heterocycles. The zero-order chi connectivity index (χ0) is 16.8. The van der Waals surface area contributed by atoms with Crippen molar-refractivity contribution in [3.05, 3.63) is 0 Å². The van der Waals surface area contributed by atoms with Gasteiger partial charge in [-0.15, -0.1) is 0 Å². The van der Waals surface area contributed by atoms with Gasteiger partial charge >= 0.3 is 0 Å². The van der Waals surface area contributed by atoms with Crippen LogP contribution in [-0.4, -0.2) is 37.7 Å². The molecular weight excluding hydrogens is 272 g/mol. The second kappa shape index (κ2) is 13.9. The van der Waals surface area contributed by atoms with E-state index in [1.807, 2.05) is 0 Å². The van der Waals surface area contributed by atoms with Crippen LogP contribution in [0.2, 0.25) is 0 Å². The molecule has 22 heavy (non-hydrogen) atoms. The Labute approximate surface area is 138 Å². The number of guanidine groups is 1. The summed E-state index contributed by atoms with van der Waals surface area (Å²) < 4.78 is 0. The summed E-state index contributed by atoms with van der Waals surface area (Å²) in [6.45, 7) is 16.2. The van der Waals surface area contributed by atoms with Crippen molar-refractivity contribution in [3.63, 3.8) is 0 Å². The third kappa shape index (κ3) is 12.9. The summed E-state index contributed by atoms with van der Waals surface area (Å²) in [4.78, 5) is 4.64. The Kier molecular flexibility index (Phi) is 13.4. The third-order valence-corrected chi connectivity index (χ3v) is 3.61. The van der Waals surface area contributed by atoms with Crippen molar-refractivity contribution < 1.29 is 0 Å². The molecule has 4 heteroatoms. The number of nitrogens with one attached hydrogen (secondary N) is 3. The lowest BCUT2D eigenvalue weighted by Crippen LogP contribution is -2.44. The summed E-state index contributed by atoms with van der Waals surface area (Å²) in [6.07, 6.45) is 6.40. The van der Waals surface area contributed by atoms with E-state index in [2.05, 4.69) is 62.5 Å². The van der Waals surface area contributed by atoms with Gasteiger partial charge in [-0.25, -0.2) is 0 Å². The summed E-state index contributed by atoms with van der Waals surface area (Å²) in [5, 5.41) is 10.3. The van der Waals surface area contributed by atoms with Crippen molar-refractivity contribution >= 4 is 5.96 Å². The Balaban J connectivity index is 3.88. The quantitative estimate of drug-likeness (QED) is 0.293. The van der Waals surface area contributed by atoms with Crippen LogP contribution in [0.15, 0.2) is 4.99 Å². The maximum atomic E-state index is 4.64. The molecule has 0 aromatic carbocycles. The van der Waals surface area contributed by atoms with E-state index >= 15 is 0 Å². The van der Waals surface area contributed by atoms with E-state index in [0.717, 1.165) is 37.9 Å². The largest absolute Gasteiger partial charge is 0.354 e. The molecule has 0 radical (unpaired) electrons. The van der Waals surface area contributed by atoms with Crippen LogP contribution in [-0.2, 0) is 0 Å². The first-order chi connectivity index (χ1) is 10.5. The number of nitrogens with zero attached hydrogens (tertiary/aromatic N) is 1. The van der Waals surface area contributed by atoms with Crippen molar-refractivity contribution in [1.82, 2.24) is 16.0 Å². The van der Waals surface area contributed by atoms with Crippen LogP contribution in [0, 0.1) is 5.92 Å². The lowest BCUT2D eigenvalue weighted by Gasteiger charge is -2.17. The predicted molar refractivity (Wildman–Crippen MR) is 99.6 cm³/mol. The molecule has 0 aliphatic rings. The number of hydrogen-bond donors (Lipinski definition) is 3. The normalized spacial score (nSPS) is 12.5. The maximum Gasteiger partial charge on any atom is 0.191 e. The van der Waals surface area contributed by atoms with E-state index < -0.39 is 0 Å². The maximum absolute atomic E-state index is 4.64. The van der Waals surface area contributed by atoms with Crippen LogP contribution in [0.3, 0.4) is 0 Å². The highest BCUT2D eigenvalue weighted by Crippen LogP contribution is 2.10. The summed E-state index contributed by atoms with van der Waals surface area (Å²) in [6, 6.07) is 0.819. The van der Waals surface area contributed by atoms with Crippen LogP contribution in [0.5, 0.6) is 0 Å². The summed E-state index contributed by atoms with van der Waals surface area (Å²) in [7, 11) is 0. The molecule has 0 rings (SSSR count). The molecule has 132 valence electrons. The highest BCUT2D eigenvalue weighted by atomic mass is 15.2. The van der Waals surface area contributed by atoms with Crippen LogP contribution >= 0.6 is 0 Å². The fourth-order valence-electron chi connectivity index (χ4n) is 2.32. The molecule has 4 nitrogen and oxygen atoms in total. The first-order valence-electron chi connectivity index (χ1n) is 9.27. The lowest BCUT2D eigenvalue weighted by molar-refractivity contribution is 0.419. The Hall–Kier alpha value is -0.770. The van der Waals surface area contributed by atoms with Gasteiger partial charge in [0.1, 0.15) is 0 Å². The standard InChI is InChI=1S/C18H40N4/c1-7-9-11-17(8-2)14-19-12-10-13-20-18(21-15(3)4)22-16(5)6/h15-17,19H,7-14H2,1-6H3,(H2,20,21,22). The van der Waals surface area contributed by atoms with Gasteiger partial charge in [-0.1, -0.05) is 33.1 Å². The Morgan fingerprint density at radius 1 is 0.955 bits per heavy atom. The zero-order valence-electron chi connectivity index (χ0n) is 15.8. The molecule has 1 unspecified atom stereocenters. The molecule has 3 N–H and O–H groups in total. The Morgan fingerprint density at radius 3 is 2.09 bits per heavy atom. The van der Waals surface area contributed by atoms with E-state index in [4.69, 9.17) is 0 Å². The molecule has 0 aromatic rings. The summed E-state index contributed by atoms with van der Waals surface area (Å²) in [5.41, 5.74) is 0. The SMILES string of the molecule is CCCCC(CC)CNCCCN=C(NC(C)C)NC(C)C. The van der Waals surface area contributed by atoms with Gasteiger partial charge < -0.3 is 16.0 Å². The molecule has 0 fully saturated rings. The minimum atomic E-state index is 0.409. The molecular formula is C18H40N4. The minimum absolute atomic E-state index is 0.409. The van der Waals surface area contributed by atoms with Crippen LogP contribution < -0.4 is 16.0 Å². The highest BCUT2D eigenvalue weighted by Gasteiger charge is 2.05. The van der Waals surface area contributed by atoms with Crippen molar-refractivity contribution in [2.24, 2.45) is 10.9 Å². The molecule has 0 saturated heterocycles. The topological polar surface area (TPSA) is 48.5 Å². The van der Waals surface area contributed by atoms with E-state index in [1.54, 1.807) is 0 Å². The zero-order valence-corrected chi connectivity index (χ0v) is 15.8. The van der Waals surface area contributed by atoms with Crippen molar-refractivity contribution in [2.75, 3.05) is 19.6 Å². The van der Waals surface area contributed by atoms with Gasteiger partial charge in [0.2, 0.25) is 0 Å². The number of aliphatic imine (C=N–C) groups is 1. The average Bonchev–Trinajstić information content (AvgIpc) is 2.44. The van der Waals surface area contributed by atoms with Gasteiger partial charge in [0.05, 0.1) is 0 Å². The molecule has 0 bridgehead atoms. The van der Waals surface area contributed by atoms with Crippen molar-refractivity contribution in [2.45, 2.75) is 85.7 Å². The molecule has 0 aliphatic carbocycles. The van der Waals surface area contributed by atoms with E-state index in [9.17, 15) is 0 Å². The molecule has 0 heterocycles. The molecule has 0 aliphatic heterocycles. The lowest BCUT2D eigenvalue weighted by atomic mass is 9.99. The fraction of sp³-hybridized carbons (Fsp3) is 0.944. The second-order valence-electron chi connectivity index (χ2n) is 6.80. The van der Waals surface area contributed by atoms with Gasteiger partial charge in [0.15, 0.2) is 5.96 Å². The molecule has 0 amide bonds. The van der Waals surface area contributed by atoms with E-state index in [-0.39, 0.29) is 0 Å². The number of rotatable bonds is 12. The van der Waals surface area contributed by atoms with Crippen LogP contribution in [0.25, 0.3) is 0 Å². The first-order valence-corrected chi connectivity index (χ1v) is 9.27. The minimum Gasteiger partial charge on any atom is -0.354 e. The number of unbranched alkanes of at least 4 members (excludes halogenated alkanes) is 1. The monoisotopic (exact) mass is 312 g/mol. The average molecular weight is 313 g/mol. The van der Waals surface area contributed by atoms with E-state index in [1.165, 1.54) is 25.7 Å². The predicted octanol–water partition coefficient (Wildman–Crippen LogP) is 3.53. The highest BCUT2D eigenvalue weighted by molar-refractivity contribution is 5.80. The Morgan fingerprint density at radius 2 is 1.59 bits per heavy atom. The third-order valence-electron chi connectivity index (χ3n) is 3.61. The van der Waals surface area contributed by atoms with Crippen molar-refractivity contribution in [3.8, 4) is 0 Å². The van der Waals surface area contributed by atoms with Crippen molar-refractivity contribution in [1.29, 1.82) is 0 Å².